The molecule has 1 fully saturated rings. The molecule has 158 valence electrons. The molecule has 7 heteroatoms. The smallest absolute Gasteiger partial charge is 0.265 e. The minimum atomic E-state index is -0.0658. The largest absolute Gasteiger partial charge is 0.356 e. The summed E-state index contributed by atoms with van der Waals surface area (Å²) in [4.78, 5) is 26.6. The van der Waals surface area contributed by atoms with E-state index in [0.717, 1.165) is 52.8 Å². The van der Waals surface area contributed by atoms with Crippen LogP contribution in [-0.2, 0) is 12.8 Å². The highest BCUT2D eigenvalue weighted by Gasteiger charge is 2.21. The molecule has 2 aromatic heterocycles. The third-order valence-corrected chi connectivity index (χ3v) is 7.23. The molecule has 0 spiro atoms. The summed E-state index contributed by atoms with van der Waals surface area (Å²) in [6.45, 7) is 6.27. The molecule has 4 rings (SSSR count). The zero-order valence-corrected chi connectivity index (χ0v) is 19.5. The first-order valence-corrected chi connectivity index (χ1v) is 12.7. The van der Waals surface area contributed by atoms with Crippen LogP contribution < -0.4 is 10.2 Å². The molecule has 1 aliphatic heterocycles. The average Bonchev–Trinajstić information content (AvgIpc) is 3.23. The molecule has 1 N–H and O–H groups in total. The Morgan fingerprint density at radius 3 is 2.47 bits per heavy atom. The van der Waals surface area contributed by atoms with E-state index >= 15 is 0 Å². The Kier molecular flexibility index (Phi) is 6.58. The molecule has 1 saturated heterocycles. The van der Waals surface area contributed by atoms with E-state index in [-0.39, 0.29) is 5.91 Å². The summed E-state index contributed by atoms with van der Waals surface area (Å²) in [6, 6.07) is 8.22. The van der Waals surface area contributed by atoms with Gasteiger partial charge in [-0.1, -0.05) is 43.8 Å². The monoisotopic (exact) mass is 440 g/mol. The number of hydrogen-bond acceptors (Lipinski definition) is 6. The number of fused-ring (bicyclic) bond motifs is 1. The number of amides is 1. The quantitative estimate of drug-likeness (QED) is 0.389. The SMILES string of the molecule is CCc1cccc(CC)c1NC(=O)c1cc2c(N3CCCCC3)nc(SC)nc2s1. The van der Waals surface area contributed by atoms with Crippen LogP contribution in [0.5, 0.6) is 0 Å². The van der Waals surface area contributed by atoms with Crippen LogP contribution in [0.4, 0.5) is 11.5 Å². The number of piperidine rings is 1. The summed E-state index contributed by atoms with van der Waals surface area (Å²) < 4.78 is 0. The summed E-state index contributed by atoms with van der Waals surface area (Å²) in [5.74, 6) is 0.909. The number of aryl methyl sites for hydroxylation is 2. The Bertz CT molecular complexity index is 1030. The lowest BCUT2D eigenvalue weighted by Gasteiger charge is -2.28. The van der Waals surface area contributed by atoms with E-state index in [4.69, 9.17) is 9.97 Å². The average molecular weight is 441 g/mol. The standard InChI is InChI=1S/C23H28N4OS2/c1-4-15-10-9-11-16(5-2)19(15)24-21(28)18-14-17-20(27-12-7-6-8-13-27)25-23(29-3)26-22(17)30-18/h9-11,14H,4-8,12-13H2,1-3H3,(H,24,28). The molecule has 1 aliphatic rings. The van der Waals surface area contributed by atoms with Gasteiger partial charge in [0.15, 0.2) is 5.16 Å². The number of nitrogens with zero attached hydrogens (tertiary/aromatic N) is 3. The van der Waals surface area contributed by atoms with Crippen LogP contribution in [0, 0.1) is 0 Å². The molecule has 0 atom stereocenters. The summed E-state index contributed by atoms with van der Waals surface area (Å²) in [6.07, 6.45) is 7.41. The Morgan fingerprint density at radius 2 is 1.83 bits per heavy atom. The fourth-order valence-electron chi connectivity index (χ4n) is 4.02. The van der Waals surface area contributed by atoms with Crippen molar-refractivity contribution in [2.24, 2.45) is 0 Å². The van der Waals surface area contributed by atoms with Gasteiger partial charge in [0.25, 0.3) is 5.91 Å². The van der Waals surface area contributed by atoms with Gasteiger partial charge in [-0.2, -0.15) is 0 Å². The van der Waals surface area contributed by atoms with Gasteiger partial charge in [0, 0.05) is 18.8 Å². The van der Waals surface area contributed by atoms with Crippen molar-refractivity contribution in [2.45, 2.75) is 51.1 Å². The van der Waals surface area contributed by atoms with Gasteiger partial charge in [-0.05, 0) is 55.6 Å². The molecule has 0 unspecified atom stereocenters. The number of carbonyl (C=O) groups excluding carboxylic acids is 1. The van der Waals surface area contributed by atoms with Crippen molar-refractivity contribution in [2.75, 3.05) is 29.6 Å². The second kappa shape index (κ2) is 9.35. The summed E-state index contributed by atoms with van der Waals surface area (Å²) in [5, 5.41) is 4.95. The van der Waals surface area contributed by atoms with E-state index in [1.54, 1.807) is 11.8 Å². The van der Waals surface area contributed by atoms with Crippen molar-refractivity contribution in [1.82, 2.24) is 9.97 Å². The highest BCUT2D eigenvalue weighted by atomic mass is 32.2. The maximum atomic E-state index is 13.2. The molecule has 1 aromatic carbocycles. The first-order chi connectivity index (χ1) is 14.6. The number of aromatic nitrogens is 2. The normalized spacial score (nSPS) is 14.3. The maximum Gasteiger partial charge on any atom is 0.265 e. The number of anilines is 2. The van der Waals surface area contributed by atoms with Crippen LogP contribution in [0.3, 0.4) is 0 Å². The van der Waals surface area contributed by atoms with Crippen molar-refractivity contribution >= 4 is 50.7 Å². The summed E-state index contributed by atoms with van der Waals surface area (Å²) in [5.41, 5.74) is 3.29. The first-order valence-electron chi connectivity index (χ1n) is 10.7. The lowest BCUT2D eigenvalue weighted by molar-refractivity contribution is 0.103. The predicted molar refractivity (Wildman–Crippen MR) is 128 cm³/mol. The molecule has 1 amide bonds. The van der Waals surface area contributed by atoms with Crippen LogP contribution in [0.15, 0.2) is 29.4 Å². The molecule has 5 nitrogen and oxygen atoms in total. The molecule has 0 bridgehead atoms. The van der Waals surface area contributed by atoms with E-state index in [1.165, 1.54) is 41.7 Å². The van der Waals surface area contributed by atoms with Gasteiger partial charge in [-0.15, -0.1) is 11.3 Å². The Morgan fingerprint density at radius 1 is 1.13 bits per heavy atom. The van der Waals surface area contributed by atoms with Crippen LogP contribution >= 0.6 is 23.1 Å². The molecule has 0 saturated carbocycles. The van der Waals surface area contributed by atoms with Crippen LogP contribution in [-0.4, -0.2) is 35.2 Å². The minimum Gasteiger partial charge on any atom is -0.356 e. The van der Waals surface area contributed by atoms with E-state index < -0.39 is 0 Å². The van der Waals surface area contributed by atoms with Crippen molar-refractivity contribution in [3.8, 4) is 0 Å². The van der Waals surface area contributed by atoms with E-state index in [9.17, 15) is 4.79 Å². The second-order valence-corrected chi connectivity index (χ2v) is 9.33. The lowest BCUT2D eigenvalue weighted by Crippen LogP contribution is -2.30. The number of nitrogens with one attached hydrogen (secondary N) is 1. The Hall–Kier alpha value is -2.12. The molecule has 3 heterocycles. The topological polar surface area (TPSA) is 58.1 Å². The zero-order valence-electron chi connectivity index (χ0n) is 17.8. The van der Waals surface area contributed by atoms with E-state index in [2.05, 4.69) is 42.3 Å². The van der Waals surface area contributed by atoms with Gasteiger partial charge in [-0.25, -0.2) is 9.97 Å². The van der Waals surface area contributed by atoms with E-state index in [1.807, 2.05) is 12.3 Å². The van der Waals surface area contributed by atoms with Gasteiger partial charge < -0.3 is 10.2 Å². The second-order valence-electron chi connectivity index (χ2n) is 7.52. The fraction of sp³-hybridized carbons (Fsp3) is 0.435. The zero-order chi connectivity index (χ0) is 21.1. The van der Waals surface area contributed by atoms with Gasteiger partial charge in [0.2, 0.25) is 0 Å². The Balaban J connectivity index is 1.71. The van der Waals surface area contributed by atoms with Crippen LogP contribution in [0.1, 0.15) is 53.9 Å². The summed E-state index contributed by atoms with van der Waals surface area (Å²) >= 11 is 3.01. The lowest BCUT2D eigenvalue weighted by atomic mass is 10.0. The van der Waals surface area contributed by atoms with Gasteiger partial charge in [0.05, 0.1) is 10.3 Å². The third-order valence-electron chi connectivity index (χ3n) is 5.65. The summed E-state index contributed by atoms with van der Waals surface area (Å²) in [7, 11) is 0. The molecular weight excluding hydrogens is 412 g/mol. The minimum absolute atomic E-state index is 0.0658. The third kappa shape index (κ3) is 4.18. The number of thioether (sulfide) groups is 1. The number of benzene rings is 1. The molecule has 0 aliphatic carbocycles. The van der Waals surface area contributed by atoms with Crippen molar-refractivity contribution < 1.29 is 4.79 Å². The molecular formula is C23H28N4OS2. The maximum absolute atomic E-state index is 13.2. The molecule has 30 heavy (non-hydrogen) atoms. The predicted octanol–water partition coefficient (Wildman–Crippen LogP) is 5.78. The molecule has 3 aromatic rings. The number of rotatable bonds is 6. The first kappa shape index (κ1) is 21.1. The number of hydrogen-bond donors (Lipinski definition) is 1. The van der Waals surface area contributed by atoms with E-state index in [0.29, 0.717) is 4.88 Å². The number of para-hydroxylation sites is 1. The number of thiophene rings is 1. The van der Waals surface area contributed by atoms with Gasteiger partial charge in [0.1, 0.15) is 10.6 Å². The van der Waals surface area contributed by atoms with Crippen molar-refractivity contribution in [1.29, 1.82) is 0 Å². The van der Waals surface area contributed by atoms with Gasteiger partial charge in [-0.3, -0.25) is 4.79 Å². The van der Waals surface area contributed by atoms with Crippen LogP contribution in [0.2, 0.25) is 0 Å². The van der Waals surface area contributed by atoms with Crippen molar-refractivity contribution in [3.63, 3.8) is 0 Å². The number of carbonyl (C=O) groups is 1. The Labute approximate surface area is 186 Å². The highest BCUT2D eigenvalue weighted by molar-refractivity contribution is 7.98. The van der Waals surface area contributed by atoms with Crippen molar-refractivity contribution in [3.05, 3.63) is 40.3 Å². The molecule has 0 radical (unpaired) electrons. The van der Waals surface area contributed by atoms with Gasteiger partial charge >= 0.3 is 0 Å². The highest BCUT2D eigenvalue weighted by Crippen LogP contribution is 2.34. The van der Waals surface area contributed by atoms with Crippen LogP contribution in [0.25, 0.3) is 10.2 Å². The fourth-order valence-corrected chi connectivity index (χ4v) is 5.35.